The monoisotopic (exact) mass is 398 g/mol. The van der Waals surface area contributed by atoms with Gasteiger partial charge in [-0.2, -0.15) is 4.31 Å². The van der Waals surface area contributed by atoms with E-state index < -0.39 is 27.8 Å². The van der Waals surface area contributed by atoms with Crippen molar-refractivity contribution in [2.75, 3.05) is 20.2 Å². The number of carbonyl (C=O) groups excluding carboxylic acids is 1. The largest absolute Gasteiger partial charge is 0.495 e. The molecule has 9 heteroatoms. The van der Waals surface area contributed by atoms with Gasteiger partial charge >= 0.3 is 0 Å². The molecule has 0 radical (unpaired) electrons. The summed E-state index contributed by atoms with van der Waals surface area (Å²) in [5.41, 5.74) is 0.369. The minimum Gasteiger partial charge on any atom is -0.495 e. The van der Waals surface area contributed by atoms with Crippen LogP contribution in [0.1, 0.15) is 11.6 Å². The van der Waals surface area contributed by atoms with Gasteiger partial charge in [0.05, 0.1) is 7.11 Å². The van der Waals surface area contributed by atoms with Gasteiger partial charge in [-0.1, -0.05) is 23.7 Å². The Hall–Kier alpha value is -2.16. The average Bonchev–Trinajstić information content (AvgIpc) is 2.62. The fourth-order valence-corrected chi connectivity index (χ4v) is 4.84. The molecule has 1 saturated heterocycles. The SMILES string of the molecule is COc1ccc(Cl)cc1S(=O)(=O)N1CCNC(=O)C1c1ccc(F)cc1. The molecule has 0 aromatic heterocycles. The van der Waals surface area contributed by atoms with Gasteiger partial charge in [0.1, 0.15) is 22.5 Å². The third kappa shape index (κ3) is 3.40. The van der Waals surface area contributed by atoms with Crippen molar-refractivity contribution in [3.05, 3.63) is 58.9 Å². The Balaban J connectivity index is 2.11. The zero-order chi connectivity index (χ0) is 18.9. The molecular weight excluding hydrogens is 383 g/mol. The number of hydrogen-bond acceptors (Lipinski definition) is 4. The maximum Gasteiger partial charge on any atom is 0.247 e. The van der Waals surface area contributed by atoms with Crippen molar-refractivity contribution in [3.8, 4) is 5.75 Å². The molecule has 138 valence electrons. The Kier molecular flexibility index (Phi) is 5.17. The van der Waals surface area contributed by atoms with Gasteiger partial charge in [-0.3, -0.25) is 4.79 Å². The summed E-state index contributed by atoms with van der Waals surface area (Å²) in [5.74, 6) is -0.832. The number of halogens is 2. The first-order valence-corrected chi connectivity index (χ1v) is 9.55. The molecule has 1 N–H and O–H groups in total. The lowest BCUT2D eigenvalue weighted by Gasteiger charge is -2.34. The number of piperazine rings is 1. The lowest BCUT2D eigenvalue weighted by molar-refractivity contribution is -0.126. The number of sulfonamides is 1. The van der Waals surface area contributed by atoms with Crippen LogP contribution in [0.4, 0.5) is 4.39 Å². The summed E-state index contributed by atoms with van der Waals surface area (Å²) in [5, 5.41) is 2.87. The Bertz CT molecular complexity index is 934. The molecule has 2 aromatic carbocycles. The van der Waals surface area contributed by atoms with Crippen LogP contribution in [-0.4, -0.2) is 38.8 Å². The van der Waals surface area contributed by atoms with E-state index in [-0.39, 0.29) is 28.8 Å². The predicted molar refractivity (Wildman–Crippen MR) is 94.0 cm³/mol. The first kappa shape index (κ1) is 18.6. The Morgan fingerprint density at radius 2 is 1.92 bits per heavy atom. The highest BCUT2D eigenvalue weighted by Gasteiger charge is 2.40. The summed E-state index contributed by atoms with van der Waals surface area (Å²) in [7, 11) is -2.75. The molecule has 1 atom stereocenters. The Morgan fingerprint density at radius 3 is 2.58 bits per heavy atom. The van der Waals surface area contributed by atoms with Crippen LogP contribution in [0, 0.1) is 5.82 Å². The number of nitrogens with one attached hydrogen (secondary N) is 1. The Labute approximate surface area is 155 Å². The normalized spacial score (nSPS) is 18.4. The highest BCUT2D eigenvalue weighted by molar-refractivity contribution is 7.89. The quantitative estimate of drug-likeness (QED) is 0.857. The summed E-state index contributed by atoms with van der Waals surface area (Å²) >= 11 is 5.96. The summed E-state index contributed by atoms with van der Waals surface area (Å²) in [6, 6.07) is 8.28. The Morgan fingerprint density at radius 1 is 1.23 bits per heavy atom. The summed E-state index contributed by atoms with van der Waals surface area (Å²) in [6.07, 6.45) is 0. The molecule has 0 bridgehead atoms. The van der Waals surface area contributed by atoms with Crippen LogP contribution in [0.15, 0.2) is 47.4 Å². The standard InChI is InChI=1S/C17H16ClFN2O4S/c1-25-14-7-4-12(18)10-15(14)26(23,24)21-9-8-20-17(22)16(21)11-2-5-13(19)6-3-11/h2-7,10,16H,8-9H2,1H3,(H,20,22). The number of benzene rings is 2. The predicted octanol–water partition coefficient (Wildman–Crippen LogP) is 2.35. The van der Waals surface area contributed by atoms with Crippen LogP contribution in [0.25, 0.3) is 0 Å². The van der Waals surface area contributed by atoms with E-state index in [2.05, 4.69) is 5.32 Å². The number of amides is 1. The van der Waals surface area contributed by atoms with E-state index in [4.69, 9.17) is 16.3 Å². The van der Waals surface area contributed by atoms with Gasteiger partial charge < -0.3 is 10.1 Å². The molecule has 0 saturated carbocycles. The highest BCUT2D eigenvalue weighted by Crippen LogP contribution is 2.35. The van der Waals surface area contributed by atoms with Crippen molar-refractivity contribution >= 4 is 27.5 Å². The smallest absolute Gasteiger partial charge is 0.247 e. The number of rotatable bonds is 4. The summed E-state index contributed by atoms with van der Waals surface area (Å²) in [4.78, 5) is 12.3. The lowest BCUT2D eigenvalue weighted by Crippen LogP contribution is -2.52. The third-order valence-corrected chi connectivity index (χ3v) is 6.19. The van der Waals surface area contributed by atoms with Crippen molar-refractivity contribution in [2.24, 2.45) is 0 Å². The zero-order valence-electron chi connectivity index (χ0n) is 13.8. The van der Waals surface area contributed by atoms with Crippen LogP contribution < -0.4 is 10.1 Å². The van der Waals surface area contributed by atoms with Crippen LogP contribution >= 0.6 is 11.6 Å². The first-order valence-electron chi connectivity index (χ1n) is 7.73. The minimum absolute atomic E-state index is 0.0613. The molecule has 26 heavy (non-hydrogen) atoms. The molecular formula is C17H16ClFN2O4S. The molecule has 1 unspecified atom stereocenters. The number of methoxy groups -OCH3 is 1. The van der Waals surface area contributed by atoms with Crippen molar-refractivity contribution in [1.82, 2.24) is 9.62 Å². The summed E-state index contributed by atoms with van der Waals surface area (Å²) < 4.78 is 45.9. The van der Waals surface area contributed by atoms with Gasteiger partial charge in [-0.15, -0.1) is 0 Å². The van der Waals surface area contributed by atoms with Crippen LogP contribution in [-0.2, 0) is 14.8 Å². The average molecular weight is 399 g/mol. The fraction of sp³-hybridized carbons (Fsp3) is 0.235. The van der Waals surface area contributed by atoms with E-state index in [0.29, 0.717) is 5.56 Å². The fourth-order valence-electron chi connectivity index (χ4n) is 2.85. The van der Waals surface area contributed by atoms with Crippen molar-refractivity contribution in [1.29, 1.82) is 0 Å². The van der Waals surface area contributed by atoms with E-state index in [0.717, 1.165) is 4.31 Å². The molecule has 0 spiro atoms. The molecule has 1 aliphatic heterocycles. The second-order valence-electron chi connectivity index (χ2n) is 5.66. The highest BCUT2D eigenvalue weighted by atomic mass is 35.5. The second kappa shape index (κ2) is 7.22. The number of hydrogen-bond donors (Lipinski definition) is 1. The molecule has 1 aliphatic rings. The van der Waals surface area contributed by atoms with Crippen LogP contribution in [0.3, 0.4) is 0 Å². The van der Waals surface area contributed by atoms with Gasteiger partial charge in [0.2, 0.25) is 15.9 Å². The number of ether oxygens (including phenoxy) is 1. The van der Waals surface area contributed by atoms with Gasteiger partial charge in [-0.05, 0) is 35.9 Å². The van der Waals surface area contributed by atoms with E-state index in [1.54, 1.807) is 0 Å². The van der Waals surface area contributed by atoms with Gasteiger partial charge in [-0.25, -0.2) is 12.8 Å². The molecule has 0 aliphatic carbocycles. The maximum atomic E-state index is 13.2. The zero-order valence-corrected chi connectivity index (χ0v) is 15.3. The van der Waals surface area contributed by atoms with Crippen LogP contribution in [0.2, 0.25) is 5.02 Å². The van der Waals surface area contributed by atoms with Gasteiger partial charge in [0, 0.05) is 18.1 Å². The maximum absolute atomic E-state index is 13.2. The molecule has 1 amide bonds. The van der Waals surface area contributed by atoms with Crippen molar-refractivity contribution < 1.29 is 22.3 Å². The molecule has 1 heterocycles. The second-order valence-corrected chi connectivity index (χ2v) is 7.95. The van der Waals surface area contributed by atoms with Crippen LogP contribution in [0.5, 0.6) is 5.75 Å². The van der Waals surface area contributed by atoms with Gasteiger partial charge in [0.15, 0.2) is 0 Å². The minimum atomic E-state index is -4.10. The first-order chi connectivity index (χ1) is 12.3. The van der Waals surface area contributed by atoms with Crippen molar-refractivity contribution in [3.63, 3.8) is 0 Å². The van der Waals surface area contributed by atoms with E-state index in [1.807, 2.05) is 0 Å². The third-order valence-electron chi connectivity index (χ3n) is 4.07. The van der Waals surface area contributed by atoms with E-state index >= 15 is 0 Å². The van der Waals surface area contributed by atoms with E-state index in [1.165, 1.54) is 49.6 Å². The van der Waals surface area contributed by atoms with Crippen molar-refractivity contribution in [2.45, 2.75) is 10.9 Å². The van der Waals surface area contributed by atoms with E-state index in [9.17, 15) is 17.6 Å². The lowest BCUT2D eigenvalue weighted by atomic mass is 10.0. The molecule has 3 rings (SSSR count). The topological polar surface area (TPSA) is 75.7 Å². The van der Waals surface area contributed by atoms with Gasteiger partial charge in [0.25, 0.3) is 0 Å². The molecule has 6 nitrogen and oxygen atoms in total. The summed E-state index contributed by atoms with van der Waals surface area (Å²) in [6.45, 7) is 0.227. The molecule has 2 aromatic rings. The number of nitrogens with zero attached hydrogens (tertiary/aromatic N) is 1. The molecule has 1 fully saturated rings. The number of carbonyl (C=O) groups is 1.